The lowest BCUT2D eigenvalue weighted by molar-refractivity contribution is -0.121. The van der Waals surface area contributed by atoms with Gasteiger partial charge in [0.1, 0.15) is 0 Å². The molecule has 0 spiro atoms. The summed E-state index contributed by atoms with van der Waals surface area (Å²) in [7, 11) is 0. The molecule has 0 saturated carbocycles. The summed E-state index contributed by atoms with van der Waals surface area (Å²) in [5.41, 5.74) is 2.87. The third-order valence-corrected chi connectivity index (χ3v) is 4.75. The molecule has 0 bridgehead atoms. The molecular weight excluding hydrogens is 248 g/mol. The number of fused-ring (bicyclic) bond motifs is 1. The number of rotatable bonds is 5. The highest BCUT2D eigenvalue weighted by molar-refractivity contribution is 5.76. The van der Waals surface area contributed by atoms with Crippen molar-refractivity contribution in [1.29, 1.82) is 0 Å². The molecule has 1 aliphatic carbocycles. The number of benzene rings is 1. The van der Waals surface area contributed by atoms with Gasteiger partial charge in [-0.15, -0.1) is 0 Å². The van der Waals surface area contributed by atoms with E-state index in [1.807, 2.05) is 0 Å². The predicted octanol–water partition coefficient (Wildman–Crippen LogP) is 2.22. The molecule has 1 aromatic carbocycles. The number of piperidine rings is 1. The van der Waals surface area contributed by atoms with Crippen molar-refractivity contribution in [3.05, 3.63) is 35.4 Å². The number of carbonyl (C=O) groups excluding carboxylic acids is 1. The van der Waals surface area contributed by atoms with Gasteiger partial charge in [0.05, 0.1) is 0 Å². The van der Waals surface area contributed by atoms with E-state index in [2.05, 4.69) is 34.9 Å². The van der Waals surface area contributed by atoms with E-state index in [0.717, 1.165) is 38.4 Å². The Morgan fingerprint density at radius 3 is 2.85 bits per heavy atom. The Morgan fingerprint density at radius 1 is 1.25 bits per heavy atom. The Morgan fingerprint density at radius 2 is 2.05 bits per heavy atom. The topological polar surface area (TPSA) is 41.1 Å². The Bertz CT molecular complexity index is 466. The van der Waals surface area contributed by atoms with Crippen LogP contribution in [-0.4, -0.2) is 25.5 Å². The van der Waals surface area contributed by atoms with E-state index in [1.165, 1.54) is 24.0 Å². The van der Waals surface area contributed by atoms with Crippen molar-refractivity contribution < 1.29 is 4.79 Å². The molecule has 1 aliphatic heterocycles. The first kappa shape index (κ1) is 13.6. The van der Waals surface area contributed by atoms with Crippen molar-refractivity contribution in [2.75, 3.05) is 19.6 Å². The smallest absolute Gasteiger partial charge is 0.220 e. The lowest BCUT2D eigenvalue weighted by atomic mass is 9.77. The van der Waals surface area contributed by atoms with Gasteiger partial charge >= 0.3 is 0 Å². The second kappa shape index (κ2) is 6.40. The first-order valence-electron chi connectivity index (χ1n) is 7.88. The van der Waals surface area contributed by atoms with Crippen molar-refractivity contribution in [3.63, 3.8) is 0 Å². The van der Waals surface area contributed by atoms with Gasteiger partial charge in [-0.3, -0.25) is 4.79 Å². The zero-order valence-corrected chi connectivity index (χ0v) is 12.0. The molecule has 3 rings (SSSR count). The molecule has 0 aromatic heterocycles. The van der Waals surface area contributed by atoms with E-state index >= 15 is 0 Å². The third kappa shape index (κ3) is 3.21. The fraction of sp³-hybridized carbons (Fsp3) is 0.588. The second-order valence-corrected chi connectivity index (χ2v) is 6.14. The SMILES string of the molecule is O=C(CCC1CCNCC1)NCC1Cc2ccccc21. The highest BCUT2D eigenvalue weighted by Gasteiger charge is 2.25. The van der Waals surface area contributed by atoms with Gasteiger partial charge in [0.2, 0.25) is 5.91 Å². The maximum absolute atomic E-state index is 11.9. The molecule has 0 radical (unpaired) electrons. The molecule has 108 valence electrons. The molecule has 3 heteroatoms. The number of hydrogen-bond donors (Lipinski definition) is 2. The van der Waals surface area contributed by atoms with Crippen molar-refractivity contribution >= 4 is 5.91 Å². The van der Waals surface area contributed by atoms with E-state index in [9.17, 15) is 4.79 Å². The summed E-state index contributed by atoms with van der Waals surface area (Å²) in [5.74, 6) is 1.51. The number of hydrogen-bond acceptors (Lipinski definition) is 2. The Kier molecular flexibility index (Phi) is 4.36. The van der Waals surface area contributed by atoms with Crippen LogP contribution >= 0.6 is 0 Å². The van der Waals surface area contributed by atoms with E-state index in [-0.39, 0.29) is 5.91 Å². The lowest BCUT2D eigenvalue weighted by Crippen LogP contribution is -2.34. The maximum atomic E-state index is 11.9. The molecule has 1 amide bonds. The molecule has 1 saturated heterocycles. The van der Waals surface area contributed by atoms with Crippen molar-refractivity contribution in [3.8, 4) is 0 Å². The van der Waals surface area contributed by atoms with Crippen LogP contribution in [0.3, 0.4) is 0 Å². The van der Waals surface area contributed by atoms with Crippen LogP contribution in [0, 0.1) is 5.92 Å². The number of amides is 1. The van der Waals surface area contributed by atoms with Crippen LogP contribution in [0.5, 0.6) is 0 Å². The van der Waals surface area contributed by atoms with E-state index in [1.54, 1.807) is 0 Å². The Labute approximate surface area is 121 Å². The monoisotopic (exact) mass is 272 g/mol. The van der Waals surface area contributed by atoms with Crippen LogP contribution in [-0.2, 0) is 11.2 Å². The van der Waals surface area contributed by atoms with Crippen LogP contribution < -0.4 is 10.6 Å². The first-order chi connectivity index (χ1) is 9.83. The van der Waals surface area contributed by atoms with Crippen LogP contribution in [0.1, 0.15) is 42.7 Å². The van der Waals surface area contributed by atoms with Gasteiger partial charge in [-0.05, 0) is 55.8 Å². The van der Waals surface area contributed by atoms with Gasteiger partial charge in [0.15, 0.2) is 0 Å². The fourth-order valence-electron chi connectivity index (χ4n) is 3.38. The molecule has 2 aliphatic rings. The first-order valence-corrected chi connectivity index (χ1v) is 7.88. The van der Waals surface area contributed by atoms with Crippen LogP contribution in [0.2, 0.25) is 0 Å². The summed E-state index contributed by atoms with van der Waals surface area (Å²) in [5, 5.41) is 6.48. The van der Waals surface area contributed by atoms with Crippen molar-refractivity contribution in [1.82, 2.24) is 10.6 Å². The van der Waals surface area contributed by atoms with E-state index in [0.29, 0.717) is 12.3 Å². The van der Waals surface area contributed by atoms with Gasteiger partial charge < -0.3 is 10.6 Å². The number of nitrogens with one attached hydrogen (secondary N) is 2. The summed E-state index contributed by atoms with van der Waals surface area (Å²) in [6.07, 6.45) is 5.31. The van der Waals surface area contributed by atoms with Gasteiger partial charge in [-0.1, -0.05) is 24.3 Å². The molecule has 1 unspecified atom stereocenters. The second-order valence-electron chi connectivity index (χ2n) is 6.14. The lowest BCUT2D eigenvalue weighted by Gasteiger charge is -2.30. The van der Waals surface area contributed by atoms with Gasteiger partial charge in [0.25, 0.3) is 0 Å². The van der Waals surface area contributed by atoms with Gasteiger partial charge in [0, 0.05) is 18.9 Å². The normalized spacial score (nSPS) is 21.9. The zero-order chi connectivity index (χ0) is 13.8. The van der Waals surface area contributed by atoms with Crippen LogP contribution in [0.25, 0.3) is 0 Å². The quantitative estimate of drug-likeness (QED) is 0.863. The summed E-state index contributed by atoms with van der Waals surface area (Å²) in [4.78, 5) is 11.9. The highest BCUT2D eigenvalue weighted by Crippen LogP contribution is 2.34. The molecule has 1 atom stereocenters. The summed E-state index contributed by atoms with van der Waals surface area (Å²) >= 11 is 0. The van der Waals surface area contributed by atoms with Crippen LogP contribution in [0.15, 0.2) is 24.3 Å². The van der Waals surface area contributed by atoms with Crippen molar-refractivity contribution in [2.24, 2.45) is 5.92 Å². The average Bonchev–Trinajstić information content (AvgIpc) is 2.47. The molecule has 20 heavy (non-hydrogen) atoms. The molecule has 1 aromatic rings. The minimum atomic E-state index is 0.230. The molecule has 2 N–H and O–H groups in total. The molecular formula is C17H24N2O. The molecule has 1 fully saturated rings. The Balaban J connectivity index is 1.36. The highest BCUT2D eigenvalue weighted by atomic mass is 16.1. The molecule has 1 heterocycles. The van der Waals surface area contributed by atoms with E-state index < -0.39 is 0 Å². The number of carbonyl (C=O) groups is 1. The summed E-state index contributed by atoms with van der Waals surface area (Å²) in [6.45, 7) is 3.04. The average molecular weight is 272 g/mol. The largest absolute Gasteiger partial charge is 0.355 e. The fourth-order valence-corrected chi connectivity index (χ4v) is 3.38. The zero-order valence-electron chi connectivity index (χ0n) is 12.0. The summed E-state index contributed by atoms with van der Waals surface area (Å²) in [6, 6.07) is 8.55. The van der Waals surface area contributed by atoms with Crippen LogP contribution in [0.4, 0.5) is 0 Å². The molecule has 3 nitrogen and oxygen atoms in total. The predicted molar refractivity (Wildman–Crippen MR) is 80.7 cm³/mol. The summed E-state index contributed by atoms with van der Waals surface area (Å²) < 4.78 is 0. The third-order valence-electron chi connectivity index (χ3n) is 4.75. The van der Waals surface area contributed by atoms with Crippen molar-refractivity contribution in [2.45, 2.75) is 38.0 Å². The van der Waals surface area contributed by atoms with Gasteiger partial charge in [-0.2, -0.15) is 0 Å². The minimum Gasteiger partial charge on any atom is -0.355 e. The Hall–Kier alpha value is -1.35. The standard InChI is InChI=1S/C17H24N2O/c20-17(6-5-13-7-9-18-10-8-13)19-12-15-11-14-3-1-2-4-16(14)15/h1-4,13,15,18H,5-12H2,(H,19,20). The minimum absolute atomic E-state index is 0.230. The van der Waals surface area contributed by atoms with E-state index in [4.69, 9.17) is 0 Å². The maximum Gasteiger partial charge on any atom is 0.220 e. The van der Waals surface area contributed by atoms with Gasteiger partial charge in [-0.25, -0.2) is 0 Å².